The van der Waals surface area contributed by atoms with E-state index in [2.05, 4.69) is 28.9 Å². The monoisotopic (exact) mass is 455 g/mol. The number of carbonyl (C=O) groups excluding carboxylic acids is 1. The highest BCUT2D eigenvalue weighted by Gasteiger charge is 2.25. The van der Waals surface area contributed by atoms with E-state index in [1.54, 1.807) is 0 Å². The van der Waals surface area contributed by atoms with Crippen LogP contribution >= 0.6 is 0 Å². The first-order valence-corrected chi connectivity index (χ1v) is 12.3. The maximum absolute atomic E-state index is 12.7. The fraction of sp³-hybridized carbons (Fsp3) is 0.654. The molecule has 1 aromatic carbocycles. The summed E-state index contributed by atoms with van der Waals surface area (Å²) in [5.74, 6) is 3.23. The van der Waals surface area contributed by atoms with Crippen molar-refractivity contribution in [3.63, 3.8) is 0 Å². The molecule has 0 N–H and O–H groups in total. The molecule has 0 radical (unpaired) electrons. The standard InChI is InChI=1S/C26H37N3O4/c1-17(2)25-27-26(33-28-25)29-9-7-20(8-10-29)6-5-11-32-22-12-18(3)24(19(4)13-22)23(30)14-21-15-31-16-21/h12-13,17,20-21H,5-11,14-16H2,1-4H3. The number of ether oxygens (including phenoxy) is 2. The number of benzene rings is 1. The SMILES string of the molecule is Cc1cc(OCCCC2CCN(c3nc(C(C)C)no3)CC2)cc(C)c1C(=O)CC1COC1. The molecular weight excluding hydrogens is 418 g/mol. The number of aromatic nitrogens is 2. The topological polar surface area (TPSA) is 77.7 Å². The molecule has 1 aromatic heterocycles. The van der Waals surface area contributed by atoms with Crippen LogP contribution in [-0.4, -0.2) is 48.8 Å². The summed E-state index contributed by atoms with van der Waals surface area (Å²) >= 11 is 0. The van der Waals surface area contributed by atoms with Crippen molar-refractivity contribution in [1.82, 2.24) is 10.1 Å². The Morgan fingerprint density at radius 3 is 2.42 bits per heavy atom. The molecule has 0 amide bonds. The van der Waals surface area contributed by atoms with Crippen LogP contribution in [0.5, 0.6) is 5.75 Å². The molecular formula is C26H37N3O4. The van der Waals surface area contributed by atoms with Crippen molar-refractivity contribution in [2.75, 3.05) is 37.8 Å². The molecule has 2 saturated heterocycles. The first kappa shape index (κ1) is 23.7. The summed E-state index contributed by atoms with van der Waals surface area (Å²) in [5, 5.41) is 4.08. The number of rotatable bonds is 10. The Bertz CT molecular complexity index is 920. The van der Waals surface area contributed by atoms with Gasteiger partial charge in [-0.25, -0.2) is 0 Å². The summed E-state index contributed by atoms with van der Waals surface area (Å²) in [5.41, 5.74) is 2.86. The van der Waals surface area contributed by atoms with E-state index in [4.69, 9.17) is 14.0 Å². The van der Waals surface area contributed by atoms with Crippen LogP contribution in [0.25, 0.3) is 0 Å². The van der Waals surface area contributed by atoms with Crippen molar-refractivity contribution in [3.05, 3.63) is 34.6 Å². The Morgan fingerprint density at radius 1 is 1.15 bits per heavy atom. The van der Waals surface area contributed by atoms with Gasteiger partial charge in [0.05, 0.1) is 19.8 Å². The smallest absolute Gasteiger partial charge is 0.324 e. The van der Waals surface area contributed by atoms with Crippen LogP contribution in [0.3, 0.4) is 0 Å². The minimum absolute atomic E-state index is 0.220. The lowest BCUT2D eigenvalue weighted by molar-refractivity contribution is -0.0322. The van der Waals surface area contributed by atoms with E-state index >= 15 is 0 Å². The average Bonchev–Trinajstić information content (AvgIpc) is 3.24. The summed E-state index contributed by atoms with van der Waals surface area (Å²) in [6.45, 7) is 12.2. The van der Waals surface area contributed by atoms with Gasteiger partial charge >= 0.3 is 6.01 Å². The molecule has 0 aliphatic carbocycles. The summed E-state index contributed by atoms with van der Waals surface area (Å²) in [6, 6.07) is 4.67. The Morgan fingerprint density at radius 2 is 1.85 bits per heavy atom. The number of hydrogen-bond acceptors (Lipinski definition) is 7. The Hall–Kier alpha value is -2.41. The largest absolute Gasteiger partial charge is 0.494 e. The van der Waals surface area contributed by atoms with E-state index in [9.17, 15) is 4.79 Å². The lowest BCUT2D eigenvalue weighted by Gasteiger charge is -2.30. The molecule has 2 aliphatic rings. The Kier molecular flexibility index (Phi) is 7.68. The van der Waals surface area contributed by atoms with Crippen LogP contribution < -0.4 is 9.64 Å². The zero-order valence-electron chi connectivity index (χ0n) is 20.4. The highest BCUT2D eigenvalue weighted by Crippen LogP contribution is 2.28. The molecule has 3 heterocycles. The van der Waals surface area contributed by atoms with Crippen LogP contribution in [0.1, 0.15) is 79.2 Å². The van der Waals surface area contributed by atoms with Crippen molar-refractivity contribution in [2.24, 2.45) is 11.8 Å². The number of hydrogen-bond donors (Lipinski definition) is 0. The zero-order chi connectivity index (χ0) is 23.4. The van der Waals surface area contributed by atoms with Gasteiger partial charge in [-0.05, 0) is 68.7 Å². The fourth-order valence-corrected chi connectivity index (χ4v) is 4.78. The number of anilines is 1. The quantitative estimate of drug-likeness (QED) is 0.364. The fourth-order valence-electron chi connectivity index (χ4n) is 4.78. The van der Waals surface area contributed by atoms with Crippen LogP contribution in [0.2, 0.25) is 0 Å². The third-order valence-electron chi connectivity index (χ3n) is 6.82. The summed E-state index contributed by atoms with van der Waals surface area (Å²) in [6.07, 6.45) is 5.04. The molecule has 180 valence electrons. The van der Waals surface area contributed by atoms with E-state index in [1.165, 1.54) is 0 Å². The molecule has 0 atom stereocenters. The van der Waals surface area contributed by atoms with E-state index in [1.807, 2.05) is 26.0 Å². The molecule has 7 heteroatoms. The normalized spacial score (nSPS) is 17.4. The van der Waals surface area contributed by atoms with Gasteiger partial charge in [0, 0.05) is 36.9 Å². The van der Waals surface area contributed by atoms with Gasteiger partial charge in [0.1, 0.15) is 5.75 Å². The number of ketones is 1. The number of piperidine rings is 1. The number of nitrogens with zero attached hydrogens (tertiary/aromatic N) is 3. The van der Waals surface area contributed by atoms with Gasteiger partial charge in [0.15, 0.2) is 11.6 Å². The van der Waals surface area contributed by atoms with E-state index in [0.29, 0.717) is 44.1 Å². The molecule has 0 bridgehead atoms. The van der Waals surface area contributed by atoms with Gasteiger partial charge in [0.2, 0.25) is 0 Å². The van der Waals surface area contributed by atoms with Gasteiger partial charge in [-0.1, -0.05) is 19.0 Å². The van der Waals surface area contributed by atoms with Crippen molar-refractivity contribution in [3.8, 4) is 5.75 Å². The zero-order valence-corrected chi connectivity index (χ0v) is 20.4. The molecule has 4 rings (SSSR count). The van der Waals surface area contributed by atoms with Crippen molar-refractivity contribution < 1.29 is 18.8 Å². The predicted molar refractivity (Wildman–Crippen MR) is 127 cm³/mol. The second-order valence-corrected chi connectivity index (χ2v) is 9.97. The molecule has 2 fully saturated rings. The van der Waals surface area contributed by atoms with Gasteiger partial charge < -0.3 is 18.9 Å². The van der Waals surface area contributed by atoms with Crippen LogP contribution in [-0.2, 0) is 4.74 Å². The van der Waals surface area contributed by atoms with Crippen molar-refractivity contribution in [2.45, 2.75) is 65.7 Å². The van der Waals surface area contributed by atoms with Crippen molar-refractivity contribution >= 4 is 11.8 Å². The Balaban J connectivity index is 1.19. The first-order chi connectivity index (χ1) is 15.9. The summed E-state index contributed by atoms with van der Waals surface area (Å²) in [4.78, 5) is 19.4. The van der Waals surface area contributed by atoms with Gasteiger partial charge in [-0.15, -0.1) is 0 Å². The lowest BCUT2D eigenvalue weighted by atomic mass is 9.91. The number of Topliss-reactive ketones (excluding diaryl/α,β-unsaturated/α-hetero) is 1. The molecule has 0 spiro atoms. The second-order valence-electron chi connectivity index (χ2n) is 9.97. The van der Waals surface area contributed by atoms with Crippen LogP contribution in [0.4, 0.5) is 6.01 Å². The maximum Gasteiger partial charge on any atom is 0.324 e. The third kappa shape index (κ3) is 5.94. The first-order valence-electron chi connectivity index (χ1n) is 12.3. The van der Waals surface area contributed by atoms with Crippen molar-refractivity contribution in [1.29, 1.82) is 0 Å². The molecule has 7 nitrogen and oxygen atoms in total. The van der Waals surface area contributed by atoms with Crippen LogP contribution in [0.15, 0.2) is 16.7 Å². The van der Waals surface area contributed by atoms with E-state index in [-0.39, 0.29) is 11.7 Å². The highest BCUT2D eigenvalue weighted by molar-refractivity contribution is 5.99. The van der Waals surface area contributed by atoms with E-state index in [0.717, 1.165) is 67.0 Å². The number of aryl methyl sites for hydroxylation is 2. The Labute approximate surface area is 196 Å². The molecule has 0 saturated carbocycles. The molecule has 0 unspecified atom stereocenters. The van der Waals surface area contributed by atoms with Gasteiger partial charge in [-0.2, -0.15) is 4.98 Å². The summed E-state index contributed by atoms with van der Waals surface area (Å²) in [7, 11) is 0. The van der Waals surface area contributed by atoms with E-state index < -0.39 is 0 Å². The minimum Gasteiger partial charge on any atom is -0.494 e. The molecule has 33 heavy (non-hydrogen) atoms. The summed E-state index contributed by atoms with van der Waals surface area (Å²) < 4.78 is 16.7. The van der Waals surface area contributed by atoms with Gasteiger partial charge in [0.25, 0.3) is 0 Å². The number of carbonyl (C=O) groups is 1. The average molecular weight is 456 g/mol. The second kappa shape index (κ2) is 10.7. The predicted octanol–water partition coefficient (Wildman–Crippen LogP) is 5.10. The molecule has 2 aromatic rings. The highest BCUT2D eigenvalue weighted by atomic mass is 16.5. The maximum atomic E-state index is 12.7. The third-order valence-corrected chi connectivity index (χ3v) is 6.82. The molecule has 2 aliphatic heterocycles. The van der Waals surface area contributed by atoms with Gasteiger partial charge in [-0.3, -0.25) is 4.79 Å². The minimum atomic E-state index is 0.220. The lowest BCUT2D eigenvalue weighted by Crippen LogP contribution is -2.34. The van der Waals surface area contributed by atoms with Crippen LogP contribution in [0, 0.1) is 25.7 Å².